The van der Waals surface area contributed by atoms with E-state index in [4.69, 9.17) is 0 Å². The molecule has 3 rings (SSSR count). The zero-order valence-electron chi connectivity index (χ0n) is 7.64. The Morgan fingerprint density at radius 1 is 1.08 bits per heavy atom. The van der Waals surface area contributed by atoms with Crippen LogP contribution in [0.4, 0.5) is 5.69 Å². The van der Waals surface area contributed by atoms with Gasteiger partial charge in [-0.1, -0.05) is 18.2 Å². The second kappa shape index (κ2) is 2.63. The molecule has 1 aromatic carbocycles. The lowest BCUT2D eigenvalue weighted by atomic mass is 9.97. The molecule has 0 saturated heterocycles. The van der Waals surface area contributed by atoms with Gasteiger partial charge in [0.05, 0.1) is 0 Å². The zero-order chi connectivity index (χ0) is 8.67. The summed E-state index contributed by atoms with van der Waals surface area (Å²) in [5, 5.41) is 3.48. The summed E-state index contributed by atoms with van der Waals surface area (Å²) in [5.41, 5.74) is 6.03. The van der Waals surface area contributed by atoms with Crippen molar-refractivity contribution in [1.82, 2.24) is 0 Å². The van der Waals surface area contributed by atoms with Gasteiger partial charge in [0, 0.05) is 17.8 Å². The van der Waals surface area contributed by atoms with E-state index in [0.717, 1.165) is 6.54 Å². The largest absolute Gasteiger partial charge is 0.381 e. The van der Waals surface area contributed by atoms with Gasteiger partial charge < -0.3 is 5.32 Å². The van der Waals surface area contributed by atoms with Crippen LogP contribution in [0.2, 0.25) is 0 Å². The molecule has 0 amide bonds. The van der Waals surface area contributed by atoms with E-state index in [-0.39, 0.29) is 0 Å². The number of nitrogens with one attached hydrogen (secondary N) is 1. The number of para-hydroxylation sites is 1. The summed E-state index contributed by atoms with van der Waals surface area (Å²) in [7, 11) is 0. The van der Waals surface area contributed by atoms with Crippen LogP contribution in [0.25, 0.3) is 5.57 Å². The molecule has 0 fully saturated rings. The number of fused-ring (bicyclic) bond motifs is 2. The molecular weight excluding hydrogens is 158 g/mol. The standard InChI is InChI=1S/C12H13N/c1-2-7-12-11(5-1)10-6-3-4-9(10)8-13-12/h1-2,5,7,13H,3-4,6,8H2. The molecule has 1 aliphatic carbocycles. The fraction of sp³-hybridized carbons (Fsp3) is 0.333. The van der Waals surface area contributed by atoms with Gasteiger partial charge >= 0.3 is 0 Å². The van der Waals surface area contributed by atoms with Crippen LogP contribution in [0.15, 0.2) is 29.8 Å². The maximum Gasteiger partial charge on any atom is 0.0419 e. The van der Waals surface area contributed by atoms with E-state index >= 15 is 0 Å². The first-order chi connectivity index (χ1) is 6.45. The van der Waals surface area contributed by atoms with Crippen LogP contribution in [0.5, 0.6) is 0 Å². The van der Waals surface area contributed by atoms with Gasteiger partial charge in [0.15, 0.2) is 0 Å². The highest BCUT2D eigenvalue weighted by molar-refractivity contribution is 5.82. The minimum Gasteiger partial charge on any atom is -0.381 e. The highest BCUT2D eigenvalue weighted by Crippen LogP contribution is 2.39. The maximum atomic E-state index is 3.48. The Bertz CT molecular complexity index is 376. The first-order valence-electron chi connectivity index (χ1n) is 4.99. The van der Waals surface area contributed by atoms with Crippen LogP contribution in [0.3, 0.4) is 0 Å². The highest BCUT2D eigenvalue weighted by Gasteiger charge is 2.21. The van der Waals surface area contributed by atoms with Gasteiger partial charge in [-0.15, -0.1) is 0 Å². The van der Waals surface area contributed by atoms with E-state index in [2.05, 4.69) is 29.6 Å². The number of anilines is 1. The third-order valence-electron chi connectivity index (χ3n) is 3.08. The number of benzene rings is 1. The molecule has 1 heterocycles. The molecule has 1 aromatic rings. The highest BCUT2D eigenvalue weighted by atomic mass is 14.9. The van der Waals surface area contributed by atoms with Gasteiger partial charge in [-0.05, 0) is 36.5 Å². The number of hydrogen-bond acceptors (Lipinski definition) is 1. The van der Waals surface area contributed by atoms with Crippen molar-refractivity contribution in [2.24, 2.45) is 0 Å². The summed E-state index contributed by atoms with van der Waals surface area (Å²) in [5.74, 6) is 0. The van der Waals surface area contributed by atoms with Crippen molar-refractivity contribution in [2.45, 2.75) is 19.3 Å². The van der Waals surface area contributed by atoms with Crippen LogP contribution in [-0.4, -0.2) is 6.54 Å². The fourth-order valence-corrected chi connectivity index (χ4v) is 2.43. The summed E-state index contributed by atoms with van der Waals surface area (Å²) in [6, 6.07) is 8.65. The average Bonchev–Trinajstić information content (AvgIpc) is 2.65. The van der Waals surface area contributed by atoms with E-state index in [1.807, 2.05) is 0 Å². The minimum absolute atomic E-state index is 1.08. The zero-order valence-corrected chi connectivity index (χ0v) is 7.64. The molecule has 1 heteroatoms. The average molecular weight is 171 g/mol. The van der Waals surface area contributed by atoms with Gasteiger partial charge in [-0.2, -0.15) is 0 Å². The second-order valence-corrected chi connectivity index (χ2v) is 3.83. The number of allylic oxidation sites excluding steroid dienone is 1. The third kappa shape index (κ3) is 0.998. The summed E-state index contributed by atoms with van der Waals surface area (Å²) >= 11 is 0. The van der Waals surface area contributed by atoms with Crippen LogP contribution < -0.4 is 5.32 Å². The summed E-state index contributed by atoms with van der Waals surface area (Å²) in [4.78, 5) is 0. The topological polar surface area (TPSA) is 12.0 Å². The van der Waals surface area contributed by atoms with E-state index < -0.39 is 0 Å². The molecule has 0 radical (unpaired) electrons. The lowest BCUT2D eigenvalue weighted by Gasteiger charge is -2.20. The monoisotopic (exact) mass is 171 g/mol. The van der Waals surface area contributed by atoms with Crippen molar-refractivity contribution >= 4 is 11.3 Å². The fourth-order valence-electron chi connectivity index (χ4n) is 2.43. The van der Waals surface area contributed by atoms with Crippen LogP contribution in [0, 0.1) is 0 Å². The lowest BCUT2D eigenvalue weighted by molar-refractivity contribution is 0.902. The molecule has 1 N–H and O–H groups in total. The molecule has 0 unspecified atom stereocenters. The van der Waals surface area contributed by atoms with Crippen molar-refractivity contribution < 1.29 is 0 Å². The molecule has 66 valence electrons. The van der Waals surface area contributed by atoms with E-state index in [1.54, 1.807) is 11.1 Å². The number of rotatable bonds is 0. The Morgan fingerprint density at radius 2 is 2.00 bits per heavy atom. The first kappa shape index (κ1) is 7.19. The molecule has 1 aliphatic heterocycles. The third-order valence-corrected chi connectivity index (χ3v) is 3.08. The predicted octanol–water partition coefficient (Wildman–Crippen LogP) is 3.05. The Labute approximate surface area is 78.5 Å². The molecule has 2 aliphatic rings. The Morgan fingerprint density at radius 3 is 3.00 bits per heavy atom. The van der Waals surface area contributed by atoms with Crippen LogP contribution in [-0.2, 0) is 0 Å². The van der Waals surface area contributed by atoms with Crippen molar-refractivity contribution in [3.63, 3.8) is 0 Å². The molecule has 0 atom stereocenters. The van der Waals surface area contributed by atoms with Crippen molar-refractivity contribution in [3.05, 3.63) is 35.4 Å². The van der Waals surface area contributed by atoms with Gasteiger partial charge in [-0.25, -0.2) is 0 Å². The molecule has 0 saturated carbocycles. The lowest BCUT2D eigenvalue weighted by Crippen LogP contribution is -2.11. The normalized spacial score (nSPS) is 19.4. The van der Waals surface area contributed by atoms with Gasteiger partial charge in [-0.3, -0.25) is 0 Å². The predicted molar refractivity (Wildman–Crippen MR) is 55.7 cm³/mol. The van der Waals surface area contributed by atoms with Crippen molar-refractivity contribution in [1.29, 1.82) is 0 Å². The Balaban J connectivity index is 2.18. The SMILES string of the molecule is c1ccc2c(c1)NCC1=C2CCC1. The molecule has 0 bridgehead atoms. The smallest absolute Gasteiger partial charge is 0.0419 e. The van der Waals surface area contributed by atoms with Crippen LogP contribution in [0.1, 0.15) is 24.8 Å². The van der Waals surface area contributed by atoms with E-state index in [9.17, 15) is 0 Å². The first-order valence-corrected chi connectivity index (χ1v) is 4.99. The summed E-state index contributed by atoms with van der Waals surface area (Å²) < 4.78 is 0. The van der Waals surface area contributed by atoms with Crippen LogP contribution >= 0.6 is 0 Å². The van der Waals surface area contributed by atoms with Gasteiger partial charge in [0.25, 0.3) is 0 Å². The number of hydrogen-bond donors (Lipinski definition) is 1. The van der Waals surface area contributed by atoms with Gasteiger partial charge in [0.2, 0.25) is 0 Å². The molecule has 0 aromatic heterocycles. The summed E-state index contributed by atoms with van der Waals surface area (Å²) in [6.07, 6.45) is 3.94. The molecular formula is C12H13N. The Hall–Kier alpha value is -1.24. The second-order valence-electron chi connectivity index (χ2n) is 3.83. The van der Waals surface area contributed by atoms with Crippen molar-refractivity contribution in [3.8, 4) is 0 Å². The maximum absolute atomic E-state index is 3.48. The van der Waals surface area contributed by atoms with E-state index in [0.29, 0.717) is 0 Å². The molecule has 1 nitrogen and oxygen atoms in total. The molecule has 13 heavy (non-hydrogen) atoms. The molecule has 0 spiro atoms. The summed E-state index contributed by atoms with van der Waals surface area (Å²) in [6.45, 7) is 1.08. The quantitative estimate of drug-likeness (QED) is 0.632. The Kier molecular flexibility index (Phi) is 1.45. The van der Waals surface area contributed by atoms with E-state index in [1.165, 1.54) is 30.5 Å². The minimum atomic E-state index is 1.08. The van der Waals surface area contributed by atoms with Gasteiger partial charge in [0.1, 0.15) is 0 Å². The van der Waals surface area contributed by atoms with Crippen molar-refractivity contribution in [2.75, 3.05) is 11.9 Å².